The van der Waals surface area contributed by atoms with E-state index in [1.54, 1.807) is 12.1 Å². The Labute approximate surface area is 102 Å². The van der Waals surface area contributed by atoms with E-state index in [1.165, 1.54) is 6.07 Å². The summed E-state index contributed by atoms with van der Waals surface area (Å²) in [5.74, 6) is 0.373. The van der Waals surface area contributed by atoms with Gasteiger partial charge in [0.15, 0.2) is 0 Å². The third-order valence-corrected chi connectivity index (χ3v) is 2.90. The minimum absolute atomic E-state index is 0.192. The van der Waals surface area contributed by atoms with Gasteiger partial charge in [0, 0.05) is 5.02 Å². The molecule has 0 heterocycles. The first-order chi connectivity index (χ1) is 7.63. The third kappa shape index (κ3) is 4.50. The van der Waals surface area contributed by atoms with E-state index >= 15 is 0 Å². The van der Waals surface area contributed by atoms with Gasteiger partial charge in [-0.15, -0.1) is 0 Å². The Morgan fingerprint density at radius 3 is 2.81 bits per heavy atom. The number of nitrogens with one attached hydrogen (secondary N) is 1. The van der Waals surface area contributed by atoms with Crippen LogP contribution in [-0.2, 0) is 6.42 Å². The van der Waals surface area contributed by atoms with Gasteiger partial charge in [-0.1, -0.05) is 31.5 Å². The molecule has 1 aromatic rings. The van der Waals surface area contributed by atoms with Gasteiger partial charge < -0.3 is 5.32 Å². The van der Waals surface area contributed by atoms with Crippen molar-refractivity contribution in [2.24, 2.45) is 5.92 Å². The number of aryl methyl sites for hydroxylation is 1. The van der Waals surface area contributed by atoms with Crippen molar-refractivity contribution in [1.82, 2.24) is 5.32 Å². The van der Waals surface area contributed by atoms with Gasteiger partial charge in [0.2, 0.25) is 0 Å². The molecule has 0 saturated carbocycles. The van der Waals surface area contributed by atoms with Crippen LogP contribution in [0.1, 0.15) is 25.8 Å². The lowest BCUT2D eigenvalue weighted by Crippen LogP contribution is -2.20. The average molecular weight is 244 g/mol. The summed E-state index contributed by atoms with van der Waals surface area (Å²) in [6.45, 7) is 6.24. The monoisotopic (exact) mass is 243 g/mol. The molecule has 0 bridgehead atoms. The lowest BCUT2D eigenvalue weighted by molar-refractivity contribution is 0.483. The van der Waals surface area contributed by atoms with Gasteiger partial charge in [-0.05, 0) is 49.5 Å². The highest BCUT2D eigenvalue weighted by Gasteiger charge is 2.06. The quantitative estimate of drug-likeness (QED) is 0.804. The number of halogens is 2. The molecule has 1 aromatic carbocycles. The molecule has 16 heavy (non-hydrogen) atoms. The molecule has 1 N–H and O–H groups in total. The van der Waals surface area contributed by atoms with Gasteiger partial charge in [-0.2, -0.15) is 0 Å². The van der Waals surface area contributed by atoms with Crippen molar-refractivity contribution in [2.75, 3.05) is 13.1 Å². The Morgan fingerprint density at radius 2 is 2.19 bits per heavy atom. The van der Waals surface area contributed by atoms with Crippen LogP contribution in [0.15, 0.2) is 18.2 Å². The van der Waals surface area contributed by atoms with Gasteiger partial charge >= 0.3 is 0 Å². The molecule has 90 valence electrons. The third-order valence-electron chi connectivity index (χ3n) is 2.66. The molecular formula is C13H19ClFN. The summed E-state index contributed by atoms with van der Waals surface area (Å²) >= 11 is 5.70. The molecule has 0 fully saturated rings. The maximum absolute atomic E-state index is 13.5. The highest BCUT2D eigenvalue weighted by molar-refractivity contribution is 6.30. The largest absolute Gasteiger partial charge is 0.317 e. The fourth-order valence-electron chi connectivity index (χ4n) is 1.62. The first-order valence-corrected chi connectivity index (χ1v) is 6.16. The van der Waals surface area contributed by atoms with Crippen LogP contribution >= 0.6 is 11.6 Å². The minimum Gasteiger partial charge on any atom is -0.317 e. The molecule has 0 saturated heterocycles. The molecular weight excluding hydrogens is 225 g/mol. The standard InChI is InChI=1S/C13H19ClFN/c1-3-16-9-10(2)4-5-11-6-7-12(14)8-13(11)15/h6-8,10,16H,3-5,9H2,1-2H3. The molecule has 0 radical (unpaired) electrons. The van der Waals surface area contributed by atoms with E-state index < -0.39 is 0 Å². The first kappa shape index (κ1) is 13.5. The normalized spacial score (nSPS) is 12.8. The second kappa shape index (κ2) is 6.87. The molecule has 0 aliphatic heterocycles. The van der Waals surface area contributed by atoms with Crippen molar-refractivity contribution >= 4 is 11.6 Å². The second-order valence-electron chi connectivity index (χ2n) is 4.19. The fraction of sp³-hybridized carbons (Fsp3) is 0.538. The summed E-state index contributed by atoms with van der Waals surface area (Å²) in [5.41, 5.74) is 0.757. The highest BCUT2D eigenvalue weighted by Crippen LogP contribution is 2.17. The molecule has 0 spiro atoms. The van der Waals surface area contributed by atoms with Crippen LogP contribution in [0, 0.1) is 11.7 Å². The maximum Gasteiger partial charge on any atom is 0.127 e. The van der Waals surface area contributed by atoms with Crippen molar-refractivity contribution in [3.63, 3.8) is 0 Å². The zero-order valence-electron chi connectivity index (χ0n) is 9.89. The summed E-state index contributed by atoms with van der Waals surface area (Å²) in [4.78, 5) is 0. The Kier molecular flexibility index (Phi) is 5.78. The second-order valence-corrected chi connectivity index (χ2v) is 4.62. The van der Waals surface area contributed by atoms with Crippen molar-refractivity contribution in [2.45, 2.75) is 26.7 Å². The Bertz CT molecular complexity index is 328. The summed E-state index contributed by atoms with van der Waals surface area (Å²) in [6.07, 6.45) is 1.76. The van der Waals surface area contributed by atoms with Crippen LogP contribution in [0.5, 0.6) is 0 Å². The Balaban J connectivity index is 2.42. The smallest absolute Gasteiger partial charge is 0.127 e. The molecule has 0 aromatic heterocycles. The van der Waals surface area contributed by atoms with E-state index in [-0.39, 0.29) is 5.82 Å². The summed E-state index contributed by atoms with van der Waals surface area (Å²) in [6, 6.07) is 4.90. The van der Waals surface area contributed by atoms with Crippen LogP contribution in [0.3, 0.4) is 0 Å². The summed E-state index contributed by atoms with van der Waals surface area (Å²) in [7, 11) is 0. The zero-order chi connectivity index (χ0) is 12.0. The van der Waals surface area contributed by atoms with Crippen molar-refractivity contribution < 1.29 is 4.39 Å². The van der Waals surface area contributed by atoms with E-state index in [1.807, 2.05) is 0 Å². The molecule has 1 unspecified atom stereocenters. The van der Waals surface area contributed by atoms with Crippen molar-refractivity contribution in [1.29, 1.82) is 0 Å². The summed E-state index contributed by atoms with van der Waals surface area (Å²) in [5, 5.41) is 3.75. The lowest BCUT2D eigenvalue weighted by Gasteiger charge is -2.11. The molecule has 1 nitrogen and oxygen atoms in total. The zero-order valence-corrected chi connectivity index (χ0v) is 10.6. The van der Waals surface area contributed by atoms with Gasteiger partial charge in [-0.25, -0.2) is 4.39 Å². The Morgan fingerprint density at radius 1 is 1.44 bits per heavy atom. The minimum atomic E-state index is -0.192. The number of hydrogen-bond acceptors (Lipinski definition) is 1. The van der Waals surface area contributed by atoms with Crippen molar-refractivity contribution in [3.8, 4) is 0 Å². The molecule has 0 amide bonds. The average Bonchev–Trinajstić information content (AvgIpc) is 2.25. The van der Waals surface area contributed by atoms with Crippen LogP contribution in [-0.4, -0.2) is 13.1 Å². The molecule has 0 aliphatic rings. The van der Waals surface area contributed by atoms with Crippen molar-refractivity contribution in [3.05, 3.63) is 34.6 Å². The van der Waals surface area contributed by atoms with Crippen LogP contribution in [0.25, 0.3) is 0 Å². The van der Waals surface area contributed by atoms with Crippen LogP contribution < -0.4 is 5.32 Å². The van der Waals surface area contributed by atoms with E-state index in [4.69, 9.17) is 11.6 Å². The number of hydrogen-bond donors (Lipinski definition) is 1. The summed E-state index contributed by atoms with van der Waals surface area (Å²) < 4.78 is 13.5. The van der Waals surface area contributed by atoms with Gasteiger partial charge in [0.05, 0.1) is 0 Å². The molecule has 1 atom stereocenters. The lowest BCUT2D eigenvalue weighted by atomic mass is 10.0. The Hall–Kier alpha value is -0.600. The van der Waals surface area contributed by atoms with E-state index in [2.05, 4.69) is 19.2 Å². The first-order valence-electron chi connectivity index (χ1n) is 5.78. The van der Waals surface area contributed by atoms with Crippen LogP contribution in [0.2, 0.25) is 5.02 Å². The number of rotatable bonds is 6. The topological polar surface area (TPSA) is 12.0 Å². The SMILES string of the molecule is CCNCC(C)CCc1ccc(Cl)cc1F. The molecule has 0 aliphatic carbocycles. The molecule has 3 heteroatoms. The molecule has 1 rings (SSSR count). The van der Waals surface area contributed by atoms with Gasteiger partial charge in [0.25, 0.3) is 0 Å². The number of benzene rings is 1. The van der Waals surface area contributed by atoms with Gasteiger partial charge in [0.1, 0.15) is 5.82 Å². The predicted molar refractivity (Wildman–Crippen MR) is 67.4 cm³/mol. The van der Waals surface area contributed by atoms with E-state index in [0.717, 1.165) is 31.5 Å². The van der Waals surface area contributed by atoms with Crippen LogP contribution in [0.4, 0.5) is 4.39 Å². The highest BCUT2D eigenvalue weighted by atomic mass is 35.5. The maximum atomic E-state index is 13.5. The van der Waals surface area contributed by atoms with E-state index in [0.29, 0.717) is 10.9 Å². The van der Waals surface area contributed by atoms with E-state index in [9.17, 15) is 4.39 Å². The predicted octanol–water partition coefficient (Wildman–Crippen LogP) is 3.66. The fourth-order valence-corrected chi connectivity index (χ4v) is 1.78. The van der Waals surface area contributed by atoms with Gasteiger partial charge in [-0.3, -0.25) is 0 Å².